The normalized spacial score (nSPS) is 22.9. The van der Waals surface area contributed by atoms with Crippen LogP contribution in [0.1, 0.15) is 57.1 Å². The molecule has 0 bridgehead atoms. The quantitative estimate of drug-likeness (QED) is 0.519. The second-order valence-electron chi connectivity index (χ2n) is 10.7. The van der Waals surface area contributed by atoms with E-state index in [1.807, 2.05) is 6.07 Å². The number of nitrogens with two attached hydrogens (primary N) is 1. The van der Waals surface area contributed by atoms with E-state index < -0.39 is 35.9 Å². The van der Waals surface area contributed by atoms with Gasteiger partial charge in [-0.15, -0.1) is 0 Å². The third-order valence-corrected chi connectivity index (χ3v) is 7.72. The number of likely N-dealkylation sites (tertiary alicyclic amines) is 2. The Morgan fingerprint density at radius 2 is 1.92 bits per heavy atom. The number of carbonyl (C=O) groups excluding carboxylic acids is 1. The third-order valence-electron chi connectivity index (χ3n) is 7.72. The van der Waals surface area contributed by atoms with Gasteiger partial charge >= 0.3 is 6.09 Å². The molecular weight excluding hydrogens is 470 g/mol. The molecule has 4 N–H and O–H groups in total. The van der Waals surface area contributed by atoms with Gasteiger partial charge < -0.3 is 26.0 Å². The molecule has 4 fully saturated rings. The average molecular weight is 505 g/mol. The van der Waals surface area contributed by atoms with Gasteiger partial charge in [0.25, 0.3) is 5.92 Å². The highest BCUT2D eigenvalue weighted by atomic mass is 19.3. The first-order chi connectivity index (χ1) is 17.1. The number of hydrogen-bond acceptors (Lipinski definition) is 6. The molecular formula is C25H34F2N6O3. The Balaban J connectivity index is 0.000000178. The van der Waals surface area contributed by atoms with E-state index in [2.05, 4.69) is 15.2 Å². The molecule has 1 aromatic rings. The molecule has 2 saturated carbocycles. The largest absolute Gasteiger partial charge is 0.465 e. The number of nitrogens with zero attached hydrogens (tertiary/aromatic N) is 4. The molecule has 4 aliphatic rings. The van der Waals surface area contributed by atoms with Crippen LogP contribution < -0.4 is 11.1 Å². The van der Waals surface area contributed by atoms with Crippen LogP contribution >= 0.6 is 0 Å². The van der Waals surface area contributed by atoms with Crippen molar-refractivity contribution in [2.24, 2.45) is 11.1 Å². The maximum absolute atomic E-state index is 13.9. The molecule has 196 valence electrons. The van der Waals surface area contributed by atoms with E-state index in [1.54, 1.807) is 11.0 Å². The van der Waals surface area contributed by atoms with Crippen LogP contribution in [0.5, 0.6) is 0 Å². The van der Waals surface area contributed by atoms with Crippen molar-refractivity contribution in [2.45, 2.75) is 74.9 Å². The highest BCUT2D eigenvalue weighted by molar-refractivity contribution is 5.83. The minimum atomic E-state index is -3.13. The molecule has 36 heavy (non-hydrogen) atoms. The second-order valence-corrected chi connectivity index (χ2v) is 10.7. The summed E-state index contributed by atoms with van der Waals surface area (Å²) < 4.78 is 27.8. The maximum atomic E-state index is 13.9. The average Bonchev–Trinajstić information content (AvgIpc) is 3.78. The number of pyridine rings is 1. The fourth-order valence-corrected chi connectivity index (χ4v) is 4.91. The van der Waals surface area contributed by atoms with Crippen LogP contribution in [0.25, 0.3) is 0 Å². The summed E-state index contributed by atoms with van der Waals surface area (Å²) in [5.74, 6) is -3.70. The predicted octanol–water partition coefficient (Wildman–Crippen LogP) is 2.68. The van der Waals surface area contributed by atoms with Gasteiger partial charge in [0.1, 0.15) is 11.2 Å². The zero-order chi connectivity index (χ0) is 26.0. The number of nitrogens with one attached hydrogen (secondary N) is 1. The van der Waals surface area contributed by atoms with Gasteiger partial charge in [0.05, 0.1) is 12.1 Å². The first-order valence-corrected chi connectivity index (χ1v) is 12.6. The molecule has 11 heteroatoms. The van der Waals surface area contributed by atoms with E-state index >= 15 is 0 Å². The summed E-state index contributed by atoms with van der Waals surface area (Å²) in [7, 11) is 0. The van der Waals surface area contributed by atoms with Crippen LogP contribution in [0.2, 0.25) is 0 Å². The Hall–Kier alpha value is -2.84. The van der Waals surface area contributed by atoms with Crippen LogP contribution in [0.3, 0.4) is 0 Å². The van der Waals surface area contributed by atoms with E-state index in [-0.39, 0.29) is 12.1 Å². The molecule has 5 rings (SSSR count). The lowest BCUT2D eigenvalue weighted by molar-refractivity contribution is -0.123. The lowest BCUT2D eigenvalue weighted by atomic mass is 9.72. The second kappa shape index (κ2) is 10.3. The van der Waals surface area contributed by atoms with Crippen molar-refractivity contribution < 1.29 is 23.5 Å². The summed E-state index contributed by atoms with van der Waals surface area (Å²) in [4.78, 5) is 30.2. The number of halogens is 2. The zero-order valence-electron chi connectivity index (χ0n) is 20.3. The summed E-state index contributed by atoms with van der Waals surface area (Å²) in [5.41, 5.74) is 4.79. The van der Waals surface area contributed by atoms with Gasteiger partial charge in [-0.3, -0.25) is 9.78 Å². The standard InChI is InChI=1S/C14H16F2N4O.C11H18N2O2/c15-14(16,11-3-1-2-8-19-11)5-4-10(18)12(21)20-13(9-17)6-7-13;14-10(15)13-7-11(8-13)3-5-12(6-4-11)9-1-2-9/h1-3,8,10H,4-7,18H2,(H,20,21);9H,1-8H2,(H,14,15)/t10-;/m0./s1. The molecule has 9 nitrogen and oxygen atoms in total. The Morgan fingerprint density at radius 3 is 2.42 bits per heavy atom. The van der Waals surface area contributed by atoms with Crippen LogP contribution in [0.15, 0.2) is 24.4 Å². The summed E-state index contributed by atoms with van der Waals surface area (Å²) >= 11 is 0. The Kier molecular flexibility index (Phi) is 7.48. The number of carboxylic acid groups (broad SMARTS) is 1. The molecule has 2 amide bonds. The number of alkyl halides is 2. The van der Waals surface area contributed by atoms with Crippen LogP contribution in [-0.2, 0) is 10.7 Å². The highest BCUT2D eigenvalue weighted by Crippen LogP contribution is 2.42. The fraction of sp³-hybridized carbons (Fsp3) is 0.680. The van der Waals surface area contributed by atoms with E-state index in [9.17, 15) is 18.4 Å². The maximum Gasteiger partial charge on any atom is 0.407 e. The Bertz CT molecular complexity index is 977. The number of piperidine rings is 1. The van der Waals surface area contributed by atoms with Crippen molar-refractivity contribution in [1.82, 2.24) is 20.1 Å². The van der Waals surface area contributed by atoms with E-state index in [1.165, 1.54) is 57.1 Å². The first-order valence-electron chi connectivity index (χ1n) is 12.6. The molecule has 1 atom stereocenters. The minimum Gasteiger partial charge on any atom is -0.465 e. The van der Waals surface area contributed by atoms with Crippen molar-refractivity contribution in [3.05, 3.63) is 30.1 Å². The molecule has 1 aromatic heterocycles. The Labute approximate surface area is 209 Å². The van der Waals surface area contributed by atoms with Gasteiger partial charge in [-0.25, -0.2) is 4.79 Å². The highest BCUT2D eigenvalue weighted by Gasteiger charge is 2.48. The van der Waals surface area contributed by atoms with Gasteiger partial charge in [-0.05, 0) is 70.2 Å². The molecule has 0 aromatic carbocycles. The summed E-state index contributed by atoms with van der Waals surface area (Å²) in [5, 5.41) is 20.2. The van der Waals surface area contributed by atoms with Crippen molar-refractivity contribution in [3.63, 3.8) is 0 Å². The van der Waals surface area contributed by atoms with Crippen molar-refractivity contribution in [2.75, 3.05) is 26.2 Å². The van der Waals surface area contributed by atoms with Crippen molar-refractivity contribution in [1.29, 1.82) is 5.26 Å². The van der Waals surface area contributed by atoms with Crippen LogP contribution in [0, 0.1) is 16.7 Å². The molecule has 1 spiro atoms. The van der Waals surface area contributed by atoms with Gasteiger partial charge in [-0.1, -0.05) is 6.07 Å². The monoisotopic (exact) mass is 504 g/mol. The van der Waals surface area contributed by atoms with Gasteiger partial charge in [0.2, 0.25) is 5.91 Å². The third kappa shape index (κ3) is 6.28. The lowest BCUT2D eigenvalue weighted by Crippen LogP contribution is -2.61. The number of carbonyl (C=O) groups is 2. The number of hydrogen-bond donors (Lipinski definition) is 3. The summed E-state index contributed by atoms with van der Waals surface area (Å²) in [6, 6.07) is 6.07. The fourth-order valence-electron chi connectivity index (χ4n) is 4.91. The van der Waals surface area contributed by atoms with E-state index in [4.69, 9.17) is 16.1 Å². The van der Waals surface area contributed by atoms with E-state index in [0.29, 0.717) is 18.3 Å². The van der Waals surface area contributed by atoms with Crippen LogP contribution in [0.4, 0.5) is 13.6 Å². The SMILES string of the molecule is N#CC1(NC(=O)[C@@H](N)CCC(F)(F)c2ccccn2)CC1.O=C(O)N1CC2(CCN(C3CC3)CC2)C1. The minimum absolute atomic E-state index is 0.184. The smallest absolute Gasteiger partial charge is 0.407 e. The van der Waals surface area contributed by atoms with Crippen molar-refractivity contribution in [3.8, 4) is 6.07 Å². The molecule has 2 aliphatic carbocycles. The molecule has 2 saturated heterocycles. The zero-order valence-corrected chi connectivity index (χ0v) is 20.3. The molecule has 0 unspecified atom stereocenters. The van der Waals surface area contributed by atoms with Gasteiger partial charge in [-0.2, -0.15) is 14.0 Å². The first kappa shape index (κ1) is 26.2. The number of amides is 2. The van der Waals surface area contributed by atoms with Gasteiger partial charge in [0.15, 0.2) is 0 Å². The van der Waals surface area contributed by atoms with Crippen molar-refractivity contribution >= 4 is 12.0 Å². The number of nitriles is 1. The predicted molar refractivity (Wildman–Crippen MR) is 127 cm³/mol. The number of rotatable bonds is 7. The topological polar surface area (TPSA) is 136 Å². The summed E-state index contributed by atoms with van der Waals surface area (Å²) in [6.07, 6.45) is 6.11. The summed E-state index contributed by atoms with van der Waals surface area (Å²) in [6.45, 7) is 3.94. The van der Waals surface area contributed by atoms with E-state index in [0.717, 1.165) is 19.1 Å². The molecule has 2 aliphatic heterocycles. The lowest BCUT2D eigenvalue weighted by Gasteiger charge is -2.53. The molecule has 3 heterocycles. The van der Waals surface area contributed by atoms with Crippen LogP contribution in [-0.4, -0.2) is 75.7 Å². The van der Waals surface area contributed by atoms with Gasteiger partial charge in [0, 0.05) is 37.2 Å². The Morgan fingerprint density at radius 1 is 1.25 bits per heavy atom. The number of aromatic nitrogens is 1. The molecule has 0 radical (unpaired) electrons.